The van der Waals surface area contributed by atoms with E-state index in [0.29, 0.717) is 5.75 Å². The van der Waals surface area contributed by atoms with Gasteiger partial charge in [-0.15, -0.1) is 0 Å². The summed E-state index contributed by atoms with van der Waals surface area (Å²) in [6, 6.07) is 15.7. The Kier molecular flexibility index (Phi) is 7.33. The lowest BCUT2D eigenvalue weighted by Gasteiger charge is -2.24. The molecule has 0 radical (unpaired) electrons. The number of rotatable bonds is 9. The number of ether oxygens (including phenoxy) is 1. The van der Waals surface area contributed by atoms with Gasteiger partial charge in [0.05, 0.1) is 0 Å². The van der Waals surface area contributed by atoms with Crippen molar-refractivity contribution in [1.82, 2.24) is 0 Å². The van der Waals surface area contributed by atoms with Gasteiger partial charge in [0.1, 0.15) is 5.75 Å². The van der Waals surface area contributed by atoms with Gasteiger partial charge in [0.2, 0.25) is 0 Å². The molecule has 25 heavy (non-hydrogen) atoms. The molecule has 0 aliphatic rings. The largest absolute Gasteiger partial charge is 0.484 e. The standard InChI is InChI=1S/C21H28N2O2/c1-4-14-23(15-5-2)19-10-8-18(9-11-19)22-21(24)16-25-20-12-6-17(3)7-13-20/h6-13H,4-5,14-16H2,1-3H3,(H,22,24). The first-order chi connectivity index (χ1) is 12.1. The molecular weight excluding hydrogens is 312 g/mol. The van der Waals surface area contributed by atoms with Crippen LogP contribution in [0.5, 0.6) is 5.75 Å². The summed E-state index contributed by atoms with van der Waals surface area (Å²) in [4.78, 5) is 14.4. The Bertz CT molecular complexity index is 645. The second kappa shape index (κ2) is 9.72. The van der Waals surface area contributed by atoms with Gasteiger partial charge in [0, 0.05) is 24.5 Å². The molecule has 2 aromatic carbocycles. The van der Waals surface area contributed by atoms with E-state index in [-0.39, 0.29) is 12.5 Å². The zero-order chi connectivity index (χ0) is 18.1. The monoisotopic (exact) mass is 340 g/mol. The normalized spacial score (nSPS) is 10.4. The fourth-order valence-electron chi connectivity index (χ4n) is 2.65. The minimum atomic E-state index is -0.160. The molecule has 134 valence electrons. The van der Waals surface area contributed by atoms with E-state index < -0.39 is 0 Å². The maximum Gasteiger partial charge on any atom is 0.262 e. The van der Waals surface area contributed by atoms with Gasteiger partial charge in [-0.1, -0.05) is 31.5 Å². The van der Waals surface area contributed by atoms with Gasteiger partial charge in [-0.2, -0.15) is 0 Å². The van der Waals surface area contributed by atoms with Crippen molar-refractivity contribution < 1.29 is 9.53 Å². The number of amides is 1. The van der Waals surface area contributed by atoms with Crippen LogP contribution < -0.4 is 15.0 Å². The van der Waals surface area contributed by atoms with Crippen LogP contribution in [0.3, 0.4) is 0 Å². The van der Waals surface area contributed by atoms with Crippen LogP contribution in [-0.4, -0.2) is 25.6 Å². The average Bonchev–Trinajstić information content (AvgIpc) is 2.62. The fourth-order valence-corrected chi connectivity index (χ4v) is 2.65. The van der Waals surface area contributed by atoms with Gasteiger partial charge < -0.3 is 15.0 Å². The number of hydrogen-bond acceptors (Lipinski definition) is 3. The van der Waals surface area contributed by atoms with Crippen molar-refractivity contribution in [3.63, 3.8) is 0 Å². The molecule has 0 aliphatic heterocycles. The minimum absolute atomic E-state index is 0.00259. The fraction of sp³-hybridized carbons (Fsp3) is 0.381. The van der Waals surface area contributed by atoms with E-state index in [1.54, 1.807) is 0 Å². The van der Waals surface area contributed by atoms with E-state index in [0.717, 1.165) is 37.2 Å². The molecule has 0 fully saturated rings. The molecule has 0 saturated heterocycles. The maximum atomic E-state index is 12.0. The first kappa shape index (κ1) is 18.8. The summed E-state index contributed by atoms with van der Waals surface area (Å²) >= 11 is 0. The maximum absolute atomic E-state index is 12.0. The average molecular weight is 340 g/mol. The molecule has 0 atom stereocenters. The smallest absolute Gasteiger partial charge is 0.262 e. The Balaban J connectivity index is 1.87. The summed E-state index contributed by atoms with van der Waals surface area (Å²) in [5, 5.41) is 2.87. The summed E-state index contributed by atoms with van der Waals surface area (Å²) in [5.74, 6) is 0.540. The number of anilines is 2. The van der Waals surface area contributed by atoms with E-state index >= 15 is 0 Å². The molecule has 0 heterocycles. The molecule has 4 heteroatoms. The molecular formula is C21H28N2O2. The molecule has 1 amide bonds. The summed E-state index contributed by atoms with van der Waals surface area (Å²) in [7, 11) is 0. The second-order valence-electron chi connectivity index (χ2n) is 6.18. The van der Waals surface area contributed by atoms with Crippen LogP contribution >= 0.6 is 0 Å². The number of benzene rings is 2. The predicted molar refractivity (Wildman–Crippen MR) is 105 cm³/mol. The molecule has 0 aromatic heterocycles. The summed E-state index contributed by atoms with van der Waals surface area (Å²) < 4.78 is 5.50. The third-order valence-electron chi connectivity index (χ3n) is 3.89. The van der Waals surface area contributed by atoms with E-state index in [9.17, 15) is 4.79 Å². The number of nitrogens with zero attached hydrogens (tertiary/aromatic N) is 1. The predicted octanol–water partition coefficient (Wildman–Crippen LogP) is 4.64. The topological polar surface area (TPSA) is 41.6 Å². The lowest BCUT2D eigenvalue weighted by molar-refractivity contribution is -0.118. The van der Waals surface area contributed by atoms with Crippen molar-refractivity contribution in [3.8, 4) is 5.75 Å². The van der Waals surface area contributed by atoms with Crippen molar-refractivity contribution in [2.24, 2.45) is 0 Å². The van der Waals surface area contributed by atoms with Crippen LogP contribution in [0.15, 0.2) is 48.5 Å². The molecule has 0 saturated carbocycles. The van der Waals surface area contributed by atoms with E-state index in [1.807, 2.05) is 43.3 Å². The Morgan fingerprint density at radius 1 is 0.960 bits per heavy atom. The third kappa shape index (κ3) is 6.14. The van der Waals surface area contributed by atoms with Gasteiger partial charge in [0.25, 0.3) is 5.91 Å². The lowest BCUT2D eigenvalue weighted by atomic mass is 10.2. The van der Waals surface area contributed by atoms with E-state index in [4.69, 9.17) is 4.74 Å². The summed E-state index contributed by atoms with van der Waals surface area (Å²) in [6.45, 7) is 8.48. The van der Waals surface area contributed by atoms with Crippen LogP contribution in [0.25, 0.3) is 0 Å². The van der Waals surface area contributed by atoms with Crippen LogP contribution in [0.4, 0.5) is 11.4 Å². The zero-order valence-electron chi connectivity index (χ0n) is 15.4. The first-order valence-corrected chi connectivity index (χ1v) is 8.96. The highest BCUT2D eigenvalue weighted by molar-refractivity contribution is 5.92. The van der Waals surface area contributed by atoms with Crippen molar-refractivity contribution >= 4 is 17.3 Å². The molecule has 0 bridgehead atoms. The van der Waals surface area contributed by atoms with Crippen molar-refractivity contribution in [3.05, 3.63) is 54.1 Å². The first-order valence-electron chi connectivity index (χ1n) is 8.96. The van der Waals surface area contributed by atoms with Crippen molar-refractivity contribution in [2.45, 2.75) is 33.6 Å². The highest BCUT2D eigenvalue weighted by Gasteiger charge is 2.07. The summed E-state index contributed by atoms with van der Waals surface area (Å²) in [5.41, 5.74) is 3.14. The molecule has 0 unspecified atom stereocenters. The molecule has 0 spiro atoms. The molecule has 0 aliphatic carbocycles. The van der Waals surface area contributed by atoms with Crippen LogP contribution in [0.1, 0.15) is 32.3 Å². The van der Waals surface area contributed by atoms with Gasteiger partial charge >= 0.3 is 0 Å². The Labute approximate surface area is 150 Å². The number of carbonyl (C=O) groups excluding carboxylic acids is 1. The quantitative estimate of drug-likeness (QED) is 0.723. The highest BCUT2D eigenvalue weighted by atomic mass is 16.5. The molecule has 1 N–H and O–H groups in total. The van der Waals surface area contributed by atoms with Crippen molar-refractivity contribution in [2.75, 3.05) is 29.9 Å². The van der Waals surface area contributed by atoms with E-state index in [1.165, 1.54) is 5.69 Å². The zero-order valence-corrected chi connectivity index (χ0v) is 15.4. The minimum Gasteiger partial charge on any atom is -0.484 e. The lowest BCUT2D eigenvalue weighted by Crippen LogP contribution is -2.24. The van der Waals surface area contributed by atoms with Gasteiger partial charge in [-0.3, -0.25) is 4.79 Å². The Morgan fingerprint density at radius 3 is 2.12 bits per heavy atom. The number of aryl methyl sites for hydroxylation is 1. The van der Waals surface area contributed by atoms with Gasteiger partial charge in [-0.25, -0.2) is 0 Å². The van der Waals surface area contributed by atoms with Gasteiger partial charge in [0.15, 0.2) is 6.61 Å². The van der Waals surface area contributed by atoms with Crippen LogP contribution in [0.2, 0.25) is 0 Å². The third-order valence-corrected chi connectivity index (χ3v) is 3.89. The number of carbonyl (C=O) groups is 1. The number of hydrogen-bond donors (Lipinski definition) is 1. The SMILES string of the molecule is CCCN(CCC)c1ccc(NC(=O)COc2ccc(C)cc2)cc1. The van der Waals surface area contributed by atoms with E-state index in [2.05, 4.69) is 36.2 Å². The van der Waals surface area contributed by atoms with Crippen LogP contribution in [-0.2, 0) is 4.79 Å². The van der Waals surface area contributed by atoms with Crippen LogP contribution in [0, 0.1) is 6.92 Å². The Hall–Kier alpha value is -2.49. The molecule has 4 nitrogen and oxygen atoms in total. The molecule has 2 aromatic rings. The summed E-state index contributed by atoms with van der Waals surface area (Å²) in [6.07, 6.45) is 2.24. The van der Waals surface area contributed by atoms with Crippen molar-refractivity contribution in [1.29, 1.82) is 0 Å². The highest BCUT2D eigenvalue weighted by Crippen LogP contribution is 2.19. The second-order valence-corrected chi connectivity index (χ2v) is 6.18. The Morgan fingerprint density at radius 2 is 1.56 bits per heavy atom. The number of nitrogens with one attached hydrogen (secondary N) is 1. The molecule has 2 rings (SSSR count). The van der Waals surface area contributed by atoms with Gasteiger partial charge in [-0.05, 0) is 56.2 Å².